The lowest BCUT2D eigenvalue weighted by molar-refractivity contribution is 1.33. The van der Waals surface area contributed by atoms with Crippen LogP contribution in [-0.2, 0) is 0 Å². The van der Waals surface area contributed by atoms with Gasteiger partial charge in [-0.3, -0.25) is 4.98 Å². The second-order valence-corrected chi connectivity index (χ2v) is 3.23. The first-order chi connectivity index (χ1) is 5.77. The summed E-state index contributed by atoms with van der Waals surface area (Å²) in [6.07, 6.45) is 1.83. The number of benzene rings is 1. The van der Waals surface area contributed by atoms with Crippen molar-refractivity contribution in [3.63, 3.8) is 0 Å². The molecule has 2 aromatic rings. The molecule has 0 spiro atoms. The normalized spacial score (nSPS) is 10.5. The third kappa shape index (κ3) is 1.16. The van der Waals surface area contributed by atoms with Gasteiger partial charge in [-0.1, -0.05) is 23.7 Å². The average Bonchev–Trinajstić information content (AvgIpc) is 2.04. The second-order valence-electron chi connectivity index (χ2n) is 2.82. The molecule has 0 aliphatic heterocycles. The summed E-state index contributed by atoms with van der Waals surface area (Å²) in [5, 5.41) is 1.81. The standard InChI is InChI=1S/C10H8ClN/c1-7-5-8-3-2-4-9(11)10(8)12-6-7/h2-6H,1H3. The van der Waals surface area contributed by atoms with E-state index in [2.05, 4.69) is 11.1 Å². The molecular weight excluding hydrogens is 170 g/mol. The van der Waals surface area contributed by atoms with Crippen LogP contribution in [0.1, 0.15) is 5.56 Å². The Bertz CT molecular complexity index is 423. The Hall–Kier alpha value is -1.08. The van der Waals surface area contributed by atoms with Gasteiger partial charge < -0.3 is 0 Å². The lowest BCUT2D eigenvalue weighted by Crippen LogP contribution is -1.81. The van der Waals surface area contributed by atoms with Crippen LogP contribution in [0.5, 0.6) is 0 Å². The summed E-state index contributed by atoms with van der Waals surface area (Å²) in [6.45, 7) is 2.02. The third-order valence-electron chi connectivity index (χ3n) is 1.80. The van der Waals surface area contributed by atoms with Crippen molar-refractivity contribution in [2.75, 3.05) is 0 Å². The summed E-state index contributed by atoms with van der Waals surface area (Å²) in [5.41, 5.74) is 2.04. The first-order valence-electron chi connectivity index (χ1n) is 3.78. The number of hydrogen-bond acceptors (Lipinski definition) is 1. The van der Waals surface area contributed by atoms with Crippen LogP contribution in [-0.4, -0.2) is 4.98 Å². The van der Waals surface area contributed by atoms with Gasteiger partial charge in [0.2, 0.25) is 0 Å². The van der Waals surface area contributed by atoms with E-state index < -0.39 is 0 Å². The summed E-state index contributed by atoms with van der Waals surface area (Å²) in [4.78, 5) is 4.25. The van der Waals surface area contributed by atoms with Gasteiger partial charge in [0.1, 0.15) is 0 Å². The number of para-hydroxylation sites is 1. The maximum Gasteiger partial charge on any atom is 0.0888 e. The van der Waals surface area contributed by atoms with Crippen molar-refractivity contribution in [2.24, 2.45) is 0 Å². The molecule has 60 valence electrons. The molecule has 0 N–H and O–H groups in total. The predicted molar refractivity (Wildman–Crippen MR) is 51.5 cm³/mol. The number of hydrogen-bond donors (Lipinski definition) is 0. The van der Waals surface area contributed by atoms with Gasteiger partial charge in [0.15, 0.2) is 0 Å². The Morgan fingerprint density at radius 3 is 3.00 bits per heavy atom. The van der Waals surface area contributed by atoms with Gasteiger partial charge >= 0.3 is 0 Å². The predicted octanol–water partition coefficient (Wildman–Crippen LogP) is 3.20. The Kier molecular flexibility index (Phi) is 1.74. The van der Waals surface area contributed by atoms with Crippen LogP contribution in [0.15, 0.2) is 30.5 Å². The molecule has 0 aliphatic rings. The van der Waals surface area contributed by atoms with Crippen molar-refractivity contribution in [1.29, 1.82) is 0 Å². The molecule has 0 unspecified atom stereocenters. The SMILES string of the molecule is Cc1cnc2c(Cl)cccc2c1. The molecule has 0 atom stereocenters. The zero-order valence-corrected chi connectivity index (χ0v) is 7.47. The molecule has 1 aromatic carbocycles. The number of rotatable bonds is 0. The first-order valence-corrected chi connectivity index (χ1v) is 4.16. The van der Waals surface area contributed by atoms with E-state index in [0.29, 0.717) is 5.02 Å². The zero-order valence-electron chi connectivity index (χ0n) is 6.71. The second kappa shape index (κ2) is 2.76. The molecule has 2 rings (SSSR count). The summed E-state index contributed by atoms with van der Waals surface area (Å²) in [6, 6.07) is 7.88. The first kappa shape index (κ1) is 7.56. The highest BCUT2D eigenvalue weighted by atomic mass is 35.5. The van der Waals surface area contributed by atoms with E-state index in [1.54, 1.807) is 0 Å². The quantitative estimate of drug-likeness (QED) is 0.602. The van der Waals surface area contributed by atoms with Crippen LogP contribution in [0.2, 0.25) is 5.02 Å². The van der Waals surface area contributed by atoms with E-state index in [0.717, 1.165) is 16.5 Å². The molecule has 0 saturated carbocycles. The summed E-state index contributed by atoms with van der Waals surface area (Å²) >= 11 is 5.95. The van der Waals surface area contributed by atoms with Crippen molar-refractivity contribution in [3.8, 4) is 0 Å². The van der Waals surface area contributed by atoms with E-state index >= 15 is 0 Å². The van der Waals surface area contributed by atoms with Crippen molar-refractivity contribution >= 4 is 22.5 Å². The van der Waals surface area contributed by atoms with E-state index in [1.807, 2.05) is 31.3 Å². The smallest absolute Gasteiger partial charge is 0.0888 e. The lowest BCUT2D eigenvalue weighted by Gasteiger charge is -1.99. The largest absolute Gasteiger partial charge is 0.254 e. The molecule has 12 heavy (non-hydrogen) atoms. The molecule has 0 amide bonds. The highest BCUT2D eigenvalue weighted by Crippen LogP contribution is 2.21. The minimum absolute atomic E-state index is 0.715. The van der Waals surface area contributed by atoms with Crippen LogP contribution in [0.25, 0.3) is 10.9 Å². The average molecular weight is 178 g/mol. The number of aromatic nitrogens is 1. The molecule has 0 fully saturated rings. The van der Waals surface area contributed by atoms with Crippen LogP contribution < -0.4 is 0 Å². The number of nitrogens with zero attached hydrogens (tertiary/aromatic N) is 1. The number of aryl methyl sites for hydroxylation is 1. The molecule has 0 aliphatic carbocycles. The van der Waals surface area contributed by atoms with Crippen molar-refractivity contribution in [2.45, 2.75) is 6.92 Å². The molecule has 2 heteroatoms. The van der Waals surface area contributed by atoms with E-state index in [9.17, 15) is 0 Å². The highest BCUT2D eigenvalue weighted by Gasteiger charge is 1.98. The summed E-state index contributed by atoms with van der Waals surface area (Å²) in [7, 11) is 0. The molecule has 0 radical (unpaired) electrons. The van der Waals surface area contributed by atoms with Gasteiger partial charge in [0.05, 0.1) is 10.5 Å². The minimum atomic E-state index is 0.715. The molecule has 1 aromatic heterocycles. The number of pyridine rings is 1. The van der Waals surface area contributed by atoms with Crippen molar-refractivity contribution in [1.82, 2.24) is 4.98 Å². The fourth-order valence-corrected chi connectivity index (χ4v) is 1.46. The monoisotopic (exact) mass is 177 g/mol. The molecule has 1 nitrogen and oxygen atoms in total. The number of fused-ring (bicyclic) bond motifs is 1. The topological polar surface area (TPSA) is 12.9 Å². The maximum absolute atomic E-state index is 5.95. The van der Waals surface area contributed by atoms with Gasteiger partial charge in [0, 0.05) is 11.6 Å². The van der Waals surface area contributed by atoms with Gasteiger partial charge in [0.25, 0.3) is 0 Å². The van der Waals surface area contributed by atoms with E-state index in [1.165, 1.54) is 0 Å². The van der Waals surface area contributed by atoms with Crippen LogP contribution in [0, 0.1) is 6.92 Å². The minimum Gasteiger partial charge on any atom is -0.254 e. The molecular formula is C10H8ClN. The lowest BCUT2D eigenvalue weighted by atomic mass is 10.2. The maximum atomic E-state index is 5.95. The van der Waals surface area contributed by atoms with Gasteiger partial charge in [-0.25, -0.2) is 0 Å². The highest BCUT2D eigenvalue weighted by molar-refractivity contribution is 6.35. The van der Waals surface area contributed by atoms with Gasteiger partial charge in [-0.15, -0.1) is 0 Å². The van der Waals surface area contributed by atoms with E-state index in [-0.39, 0.29) is 0 Å². The summed E-state index contributed by atoms with van der Waals surface area (Å²) in [5.74, 6) is 0. The third-order valence-corrected chi connectivity index (χ3v) is 2.10. The summed E-state index contributed by atoms with van der Waals surface area (Å²) < 4.78 is 0. The van der Waals surface area contributed by atoms with Crippen molar-refractivity contribution in [3.05, 3.63) is 41.0 Å². The number of halogens is 1. The Morgan fingerprint density at radius 2 is 2.17 bits per heavy atom. The Balaban J connectivity index is 2.86. The Labute approximate surface area is 76.0 Å². The molecule has 1 heterocycles. The zero-order chi connectivity index (χ0) is 8.55. The Morgan fingerprint density at radius 1 is 1.33 bits per heavy atom. The van der Waals surface area contributed by atoms with Crippen LogP contribution >= 0.6 is 11.6 Å². The fraction of sp³-hybridized carbons (Fsp3) is 0.100. The fourth-order valence-electron chi connectivity index (χ4n) is 1.23. The molecule has 0 bridgehead atoms. The van der Waals surface area contributed by atoms with E-state index in [4.69, 9.17) is 11.6 Å². The van der Waals surface area contributed by atoms with Gasteiger partial charge in [-0.2, -0.15) is 0 Å². The van der Waals surface area contributed by atoms with Crippen LogP contribution in [0.4, 0.5) is 0 Å². The van der Waals surface area contributed by atoms with Crippen molar-refractivity contribution < 1.29 is 0 Å². The van der Waals surface area contributed by atoms with Crippen LogP contribution in [0.3, 0.4) is 0 Å². The molecule has 0 saturated heterocycles. The van der Waals surface area contributed by atoms with Gasteiger partial charge in [-0.05, 0) is 24.6 Å².